The van der Waals surface area contributed by atoms with E-state index in [4.69, 9.17) is 0 Å². The molecule has 0 aliphatic heterocycles. The van der Waals surface area contributed by atoms with Gasteiger partial charge in [-0.3, -0.25) is 4.79 Å². The highest BCUT2D eigenvalue weighted by molar-refractivity contribution is 7.89. The third-order valence-corrected chi connectivity index (χ3v) is 7.89. The molecule has 0 heterocycles. The van der Waals surface area contributed by atoms with Gasteiger partial charge >= 0.3 is 0 Å². The zero-order valence-corrected chi connectivity index (χ0v) is 18.6. The van der Waals surface area contributed by atoms with Crippen LogP contribution in [0, 0.1) is 6.92 Å². The van der Waals surface area contributed by atoms with Crippen LogP contribution >= 0.6 is 0 Å². The van der Waals surface area contributed by atoms with E-state index in [1.54, 1.807) is 24.3 Å². The van der Waals surface area contributed by atoms with Crippen molar-refractivity contribution in [2.24, 2.45) is 0 Å². The molecule has 0 radical (unpaired) electrons. The number of carbonyl (C=O) groups is 1. The van der Waals surface area contributed by atoms with Gasteiger partial charge in [-0.2, -0.15) is 4.31 Å². The number of rotatable bonds is 6. The van der Waals surface area contributed by atoms with Gasteiger partial charge in [0.25, 0.3) is 0 Å². The Kier molecular flexibility index (Phi) is 6.39. The monoisotopic (exact) mass is 436 g/mol. The Balaban J connectivity index is 1.61. The van der Waals surface area contributed by atoms with Crippen LogP contribution in [-0.2, 0) is 14.8 Å². The average molecular weight is 437 g/mol. The summed E-state index contributed by atoms with van der Waals surface area (Å²) in [6, 6.07) is 20.2. The van der Waals surface area contributed by atoms with Crippen molar-refractivity contribution in [3.05, 3.63) is 72.3 Å². The number of amides is 1. The molecule has 5 nitrogen and oxygen atoms in total. The number of aryl methyl sites for hydroxylation is 1. The molecular formula is C25H28N2O3S. The third kappa shape index (κ3) is 4.81. The fourth-order valence-electron chi connectivity index (χ4n) is 4.29. The molecule has 3 aromatic rings. The largest absolute Gasteiger partial charge is 0.324 e. The molecule has 1 amide bonds. The van der Waals surface area contributed by atoms with Gasteiger partial charge in [0.2, 0.25) is 15.9 Å². The molecule has 0 saturated heterocycles. The summed E-state index contributed by atoms with van der Waals surface area (Å²) < 4.78 is 28.4. The van der Waals surface area contributed by atoms with Crippen LogP contribution in [0.2, 0.25) is 0 Å². The van der Waals surface area contributed by atoms with E-state index in [0.29, 0.717) is 5.69 Å². The van der Waals surface area contributed by atoms with Gasteiger partial charge in [-0.1, -0.05) is 73.4 Å². The maximum atomic E-state index is 13.5. The highest BCUT2D eigenvalue weighted by Crippen LogP contribution is 2.28. The molecule has 0 aromatic heterocycles. The van der Waals surface area contributed by atoms with Crippen molar-refractivity contribution >= 4 is 32.4 Å². The van der Waals surface area contributed by atoms with Crippen LogP contribution in [0.4, 0.5) is 5.69 Å². The van der Waals surface area contributed by atoms with Crippen molar-refractivity contribution in [1.29, 1.82) is 0 Å². The maximum absolute atomic E-state index is 13.5. The second kappa shape index (κ2) is 9.20. The Bertz CT molecular complexity index is 1160. The number of nitrogens with zero attached hydrogens (tertiary/aromatic N) is 1. The van der Waals surface area contributed by atoms with E-state index in [2.05, 4.69) is 5.32 Å². The van der Waals surface area contributed by atoms with Gasteiger partial charge in [-0.25, -0.2) is 8.42 Å². The molecule has 1 aliphatic rings. The lowest BCUT2D eigenvalue weighted by Crippen LogP contribution is -2.45. The first kappa shape index (κ1) is 21.5. The first-order valence-electron chi connectivity index (χ1n) is 10.8. The third-order valence-electron chi connectivity index (χ3n) is 5.97. The van der Waals surface area contributed by atoms with E-state index in [-0.39, 0.29) is 23.4 Å². The lowest BCUT2D eigenvalue weighted by Gasteiger charge is -2.33. The van der Waals surface area contributed by atoms with Crippen LogP contribution in [0.3, 0.4) is 0 Å². The molecule has 3 aromatic carbocycles. The molecule has 1 aliphatic carbocycles. The molecule has 4 rings (SSSR count). The second-order valence-corrected chi connectivity index (χ2v) is 10.1. The van der Waals surface area contributed by atoms with Crippen molar-refractivity contribution in [3.63, 3.8) is 0 Å². The summed E-state index contributed by atoms with van der Waals surface area (Å²) in [6.45, 7) is 1.73. The van der Waals surface area contributed by atoms with Crippen molar-refractivity contribution in [1.82, 2.24) is 4.31 Å². The number of sulfonamides is 1. The van der Waals surface area contributed by atoms with Crippen LogP contribution in [0.15, 0.2) is 71.6 Å². The number of fused-ring (bicyclic) bond motifs is 1. The molecule has 1 N–H and O–H groups in total. The Labute approximate surface area is 184 Å². The molecule has 31 heavy (non-hydrogen) atoms. The van der Waals surface area contributed by atoms with Gasteiger partial charge in [0.15, 0.2) is 0 Å². The molecular weight excluding hydrogens is 408 g/mol. The van der Waals surface area contributed by atoms with Gasteiger partial charge in [0.1, 0.15) is 0 Å². The van der Waals surface area contributed by atoms with Crippen molar-refractivity contribution < 1.29 is 13.2 Å². The average Bonchev–Trinajstić information content (AvgIpc) is 2.78. The molecule has 0 atom stereocenters. The highest BCUT2D eigenvalue weighted by Gasteiger charge is 2.34. The predicted octanol–water partition coefficient (Wildman–Crippen LogP) is 5.11. The van der Waals surface area contributed by atoms with E-state index < -0.39 is 10.0 Å². The number of hydrogen-bond acceptors (Lipinski definition) is 3. The van der Waals surface area contributed by atoms with Gasteiger partial charge in [-0.05, 0) is 43.4 Å². The van der Waals surface area contributed by atoms with Crippen LogP contribution in [0.1, 0.15) is 37.7 Å². The topological polar surface area (TPSA) is 66.5 Å². The number of nitrogens with one attached hydrogen (secondary N) is 1. The van der Waals surface area contributed by atoms with Gasteiger partial charge in [-0.15, -0.1) is 0 Å². The molecule has 1 fully saturated rings. The Morgan fingerprint density at radius 2 is 1.61 bits per heavy atom. The van der Waals surface area contributed by atoms with Gasteiger partial charge in [0, 0.05) is 17.1 Å². The Morgan fingerprint density at radius 3 is 2.35 bits per heavy atom. The van der Waals surface area contributed by atoms with Crippen LogP contribution in [0.5, 0.6) is 0 Å². The zero-order valence-electron chi connectivity index (χ0n) is 17.8. The number of hydrogen-bond donors (Lipinski definition) is 1. The van der Waals surface area contributed by atoms with E-state index in [1.165, 1.54) is 4.31 Å². The summed E-state index contributed by atoms with van der Waals surface area (Å²) in [5, 5.41) is 4.90. The minimum absolute atomic E-state index is 0.154. The van der Waals surface area contributed by atoms with Crippen molar-refractivity contribution in [2.45, 2.75) is 50.0 Å². The molecule has 0 bridgehead atoms. The smallest absolute Gasteiger partial charge is 0.243 e. The summed E-state index contributed by atoms with van der Waals surface area (Å²) >= 11 is 0. The molecule has 0 spiro atoms. The first-order chi connectivity index (χ1) is 14.9. The summed E-state index contributed by atoms with van der Waals surface area (Å²) in [4.78, 5) is 13.3. The summed E-state index contributed by atoms with van der Waals surface area (Å²) in [7, 11) is -3.77. The highest BCUT2D eigenvalue weighted by atomic mass is 32.2. The van der Waals surface area contributed by atoms with Crippen molar-refractivity contribution in [2.75, 3.05) is 11.9 Å². The zero-order chi connectivity index (χ0) is 21.8. The number of benzene rings is 3. The summed E-state index contributed by atoms with van der Waals surface area (Å²) in [6.07, 6.45) is 4.64. The molecule has 1 saturated carbocycles. The van der Waals surface area contributed by atoms with Gasteiger partial charge < -0.3 is 5.32 Å². The van der Waals surface area contributed by atoms with Crippen LogP contribution in [-0.4, -0.2) is 31.2 Å². The van der Waals surface area contributed by atoms with E-state index in [9.17, 15) is 13.2 Å². The first-order valence-corrected chi connectivity index (χ1v) is 12.3. The van der Waals surface area contributed by atoms with E-state index >= 15 is 0 Å². The molecule has 6 heteroatoms. The SMILES string of the molecule is Cc1ccc(S(=O)(=O)N(CC(=O)Nc2cccc3ccccc23)C2CCCCC2)cc1. The van der Waals surface area contributed by atoms with E-state index in [1.807, 2.05) is 49.4 Å². The number of carbonyl (C=O) groups excluding carboxylic acids is 1. The number of anilines is 1. The van der Waals surface area contributed by atoms with Crippen LogP contribution in [0.25, 0.3) is 10.8 Å². The Hall–Kier alpha value is -2.70. The van der Waals surface area contributed by atoms with Crippen LogP contribution < -0.4 is 5.32 Å². The second-order valence-electron chi connectivity index (χ2n) is 8.23. The maximum Gasteiger partial charge on any atom is 0.243 e. The minimum Gasteiger partial charge on any atom is -0.324 e. The molecule has 0 unspecified atom stereocenters. The summed E-state index contributed by atoms with van der Waals surface area (Å²) in [5.41, 5.74) is 1.69. The van der Waals surface area contributed by atoms with Gasteiger partial charge in [0.05, 0.1) is 11.4 Å². The predicted molar refractivity (Wildman–Crippen MR) is 125 cm³/mol. The van der Waals surface area contributed by atoms with E-state index in [0.717, 1.165) is 48.4 Å². The molecule has 162 valence electrons. The quantitative estimate of drug-likeness (QED) is 0.584. The Morgan fingerprint density at radius 1 is 0.935 bits per heavy atom. The summed E-state index contributed by atoms with van der Waals surface area (Å²) in [5.74, 6) is -0.322. The standard InChI is InChI=1S/C25H28N2O3S/c1-19-14-16-22(17-15-19)31(29,30)27(21-10-3-2-4-11-21)18-25(28)26-24-13-7-9-20-8-5-6-12-23(20)24/h5-9,12-17,21H,2-4,10-11,18H2,1H3,(H,26,28). The fourth-order valence-corrected chi connectivity index (χ4v) is 5.93. The lowest BCUT2D eigenvalue weighted by molar-refractivity contribution is -0.116. The van der Waals surface area contributed by atoms with Crippen molar-refractivity contribution in [3.8, 4) is 0 Å². The fraction of sp³-hybridized carbons (Fsp3) is 0.320. The minimum atomic E-state index is -3.77. The lowest BCUT2D eigenvalue weighted by atomic mass is 9.95. The normalized spacial score (nSPS) is 15.3.